The first-order chi connectivity index (χ1) is 13.0. The molecule has 2 nitrogen and oxygen atoms in total. The second-order valence-electron chi connectivity index (χ2n) is 6.72. The topological polar surface area (TPSA) is 25.8 Å². The molecule has 0 N–H and O–H groups in total. The Morgan fingerprint density at radius 3 is 1.96 bits per heavy atom. The number of fused-ring (bicyclic) bond motifs is 1. The Balaban J connectivity index is 1.67. The fraction of sp³-hybridized carbons (Fsp3) is 0.238. The van der Waals surface area contributed by atoms with Gasteiger partial charge in [0.15, 0.2) is 0 Å². The summed E-state index contributed by atoms with van der Waals surface area (Å²) in [5, 5.41) is 2.23. The number of halogens is 4. The van der Waals surface area contributed by atoms with Gasteiger partial charge in [0.2, 0.25) is 0 Å². The Morgan fingerprint density at radius 1 is 0.704 bits per heavy atom. The van der Waals surface area contributed by atoms with Crippen molar-refractivity contribution in [3.05, 3.63) is 90.4 Å². The van der Waals surface area contributed by atoms with Gasteiger partial charge in [-0.1, -0.05) is 58.5 Å². The van der Waals surface area contributed by atoms with E-state index in [9.17, 15) is 0 Å². The Labute approximate surface area is 178 Å². The van der Waals surface area contributed by atoms with Crippen LogP contribution < -0.4 is 0 Å². The summed E-state index contributed by atoms with van der Waals surface area (Å²) in [5.74, 6) is 0.809. The van der Waals surface area contributed by atoms with E-state index in [4.69, 9.17) is 56.4 Å². The van der Waals surface area contributed by atoms with Gasteiger partial charge in [-0.15, -0.1) is 0 Å². The van der Waals surface area contributed by atoms with Gasteiger partial charge in [-0.3, -0.25) is 0 Å². The molecule has 1 aromatic heterocycles. The van der Waals surface area contributed by atoms with Crippen molar-refractivity contribution in [2.45, 2.75) is 32.1 Å². The molecule has 0 fully saturated rings. The molecule has 0 aliphatic heterocycles. The first kappa shape index (κ1) is 19.0. The molecular weight excluding hydrogens is 422 g/mol. The highest BCUT2D eigenvalue weighted by Crippen LogP contribution is 2.29. The maximum absolute atomic E-state index is 6.18. The fourth-order valence-corrected chi connectivity index (χ4v) is 4.11. The van der Waals surface area contributed by atoms with Crippen LogP contribution in [0.25, 0.3) is 0 Å². The molecule has 0 bridgehead atoms. The second-order valence-corrected chi connectivity index (χ2v) is 8.34. The molecule has 1 heterocycles. The van der Waals surface area contributed by atoms with Gasteiger partial charge in [0.05, 0.1) is 25.8 Å². The van der Waals surface area contributed by atoms with Crippen LogP contribution in [0.15, 0.2) is 36.4 Å². The monoisotopic (exact) mass is 436 g/mol. The molecule has 0 radical (unpaired) electrons. The minimum Gasteiger partial charge on any atom is -0.237 e. The van der Waals surface area contributed by atoms with Crippen LogP contribution in [0.2, 0.25) is 20.1 Å². The standard InChI is InChI=1S/C21H16Cl4N2/c22-15-6-4-12(8-17(15)24)10-20-14-2-1-3-19(14)26-21(27-20)11-13-5-7-16(23)18(25)9-13/h4-9H,1-3,10-11H2. The highest BCUT2D eigenvalue weighted by molar-refractivity contribution is 6.42. The van der Waals surface area contributed by atoms with E-state index in [1.165, 1.54) is 5.56 Å². The first-order valence-corrected chi connectivity index (χ1v) is 10.3. The third kappa shape index (κ3) is 4.25. The minimum absolute atomic E-state index is 0.548. The van der Waals surface area contributed by atoms with Gasteiger partial charge < -0.3 is 0 Å². The molecule has 1 aliphatic rings. The maximum atomic E-state index is 6.18. The van der Waals surface area contributed by atoms with Gasteiger partial charge in [-0.2, -0.15) is 0 Å². The van der Waals surface area contributed by atoms with Crippen molar-refractivity contribution < 1.29 is 0 Å². The van der Waals surface area contributed by atoms with Crippen LogP contribution in [-0.2, 0) is 25.7 Å². The Hall–Kier alpha value is -1.32. The van der Waals surface area contributed by atoms with Gasteiger partial charge in [0.1, 0.15) is 5.82 Å². The summed E-state index contributed by atoms with van der Waals surface area (Å²) in [6.07, 6.45) is 4.49. The van der Waals surface area contributed by atoms with Gasteiger partial charge in [0, 0.05) is 18.5 Å². The molecule has 0 unspecified atom stereocenters. The van der Waals surface area contributed by atoms with Gasteiger partial charge >= 0.3 is 0 Å². The average molecular weight is 438 g/mol. The summed E-state index contributed by atoms with van der Waals surface area (Å²) in [6, 6.07) is 11.4. The van der Waals surface area contributed by atoms with Gasteiger partial charge in [-0.25, -0.2) is 9.97 Å². The molecule has 0 saturated carbocycles. The number of hydrogen-bond acceptors (Lipinski definition) is 2. The summed E-state index contributed by atoms with van der Waals surface area (Å²) < 4.78 is 0. The van der Waals surface area contributed by atoms with E-state index in [2.05, 4.69) is 0 Å². The van der Waals surface area contributed by atoms with Gasteiger partial charge in [-0.05, 0) is 60.2 Å². The van der Waals surface area contributed by atoms with Crippen LogP contribution in [0, 0.1) is 0 Å². The van der Waals surface area contributed by atoms with E-state index < -0.39 is 0 Å². The predicted molar refractivity (Wildman–Crippen MR) is 113 cm³/mol. The molecule has 4 rings (SSSR count). The normalized spacial score (nSPS) is 13.0. The molecule has 138 valence electrons. The van der Waals surface area contributed by atoms with Crippen molar-refractivity contribution in [1.29, 1.82) is 0 Å². The van der Waals surface area contributed by atoms with Crippen LogP contribution in [0.3, 0.4) is 0 Å². The molecule has 2 aromatic carbocycles. The third-order valence-electron chi connectivity index (χ3n) is 4.77. The summed E-state index contributed by atoms with van der Waals surface area (Å²) in [6.45, 7) is 0. The molecule has 6 heteroatoms. The Kier molecular flexibility index (Phi) is 5.61. The van der Waals surface area contributed by atoms with Crippen LogP contribution in [-0.4, -0.2) is 9.97 Å². The molecule has 0 spiro atoms. The van der Waals surface area contributed by atoms with Crippen molar-refractivity contribution >= 4 is 46.4 Å². The van der Waals surface area contributed by atoms with Crippen LogP contribution in [0.1, 0.15) is 40.3 Å². The summed E-state index contributed by atoms with van der Waals surface area (Å²) in [4.78, 5) is 9.68. The average Bonchev–Trinajstić information content (AvgIpc) is 3.10. The summed E-state index contributed by atoms with van der Waals surface area (Å²) >= 11 is 24.4. The lowest BCUT2D eigenvalue weighted by Gasteiger charge is -2.11. The van der Waals surface area contributed by atoms with Crippen molar-refractivity contribution in [3.8, 4) is 0 Å². The molecule has 0 amide bonds. The summed E-state index contributed by atoms with van der Waals surface area (Å²) in [5.41, 5.74) is 5.65. The van der Waals surface area contributed by atoms with Crippen LogP contribution in [0.5, 0.6) is 0 Å². The number of aromatic nitrogens is 2. The quantitative estimate of drug-likeness (QED) is 0.450. The molecule has 0 atom stereocenters. The number of aryl methyl sites for hydroxylation is 1. The fourth-order valence-electron chi connectivity index (χ4n) is 3.47. The molecule has 1 aliphatic carbocycles. The number of rotatable bonds is 4. The first-order valence-electron chi connectivity index (χ1n) is 8.75. The van der Waals surface area contributed by atoms with E-state index in [0.29, 0.717) is 26.5 Å². The smallest absolute Gasteiger partial charge is 0.133 e. The largest absolute Gasteiger partial charge is 0.237 e. The molecule has 3 aromatic rings. The van der Waals surface area contributed by atoms with Crippen LogP contribution >= 0.6 is 46.4 Å². The number of benzene rings is 2. The maximum Gasteiger partial charge on any atom is 0.133 e. The van der Waals surface area contributed by atoms with E-state index in [-0.39, 0.29) is 0 Å². The number of nitrogens with zero attached hydrogens (tertiary/aromatic N) is 2. The van der Waals surface area contributed by atoms with Crippen molar-refractivity contribution in [2.75, 3.05) is 0 Å². The van der Waals surface area contributed by atoms with Crippen molar-refractivity contribution in [2.24, 2.45) is 0 Å². The minimum atomic E-state index is 0.548. The van der Waals surface area contributed by atoms with Crippen molar-refractivity contribution in [3.63, 3.8) is 0 Å². The molecule has 27 heavy (non-hydrogen) atoms. The lowest BCUT2D eigenvalue weighted by Crippen LogP contribution is -2.07. The third-order valence-corrected chi connectivity index (χ3v) is 6.24. The SMILES string of the molecule is Clc1ccc(Cc2nc3c(c(Cc4ccc(Cl)c(Cl)c4)n2)CCC3)cc1Cl. The predicted octanol–water partition coefficient (Wildman–Crippen LogP) is 6.76. The lowest BCUT2D eigenvalue weighted by molar-refractivity contribution is 0.874. The molecular formula is C21H16Cl4N2. The highest BCUT2D eigenvalue weighted by atomic mass is 35.5. The number of hydrogen-bond donors (Lipinski definition) is 0. The second kappa shape index (κ2) is 7.97. The zero-order valence-corrected chi connectivity index (χ0v) is 17.4. The summed E-state index contributed by atoms with van der Waals surface area (Å²) in [7, 11) is 0. The Bertz CT molecular complexity index is 1020. The van der Waals surface area contributed by atoms with E-state index in [1.807, 2.05) is 36.4 Å². The lowest BCUT2D eigenvalue weighted by atomic mass is 10.0. The van der Waals surface area contributed by atoms with E-state index in [1.54, 1.807) is 0 Å². The van der Waals surface area contributed by atoms with E-state index >= 15 is 0 Å². The van der Waals surface area contributed by atoms with Gasteiger partial charge in [0.25, 0.3) is 0 Å². The molecule has 0 saturated heterocycles. The Morgan fingerprint density at radius 2 is 1.33 bits per heavy atom. The zero-order chi connectivity index (χ0) is 19.0. The zero-order valence-electron chi connectivity index (χ0n) is 14.4. The highest BCUT2D eigenvalue weighted by Gasteiger charge is 2.20. The van der Waals surface area contributed by atoms with E-state index in [0.717, 1.165) is 54.0 Å². The van der Waals surface area contributed by atoms with Crippen LogP contribution in [0.4, 0.5) is 0 Å². The van der Waals surface area contributed by atoms with Crippen molar-refractivity contribution in [1.82, 2.24) is 9.97 Å².